The molecule has 1 aromatic rings. The Labute approximate surface area is 64.4 Å². The molecule has 0 saturated heterocycles. The van der Waals surface area contributed by atoms with Crippen molar-refractivity contribution in [1.29, 1.82) is 0 Å². The molecule has 0 fully saturated rings. The molecule has 0 aliphatic carbocycles. The van der Waals surface area contributed by atoms with Gasteiger partial charge in [0.25, 0.3) is 0 Å². The van der Waals surface area contributed by atoms with Crippen LogP contribution in [-0.2, 0) is 0 Å². The maximum atomic E-state index is 4.32. The molecule has 0 bridgehead atoms. The Kier molecular flexibility index (Phi) is 1.34. The highest BCUT2D eigenvalue weighted by molar-refractivity contribution is 7.12. The topological polar surface area (TPSA) is 12.4 Å². The molecule has 1 aliphatic rings. The Hall–Kier alpha value is -0.630. The van der Waals surface area contributed by atoms with Gasteiger partial charge in [-0.15, -0.1) is 11.3 Å². The molecule has 1 aliphatic heterocycles. The zero-order valence-electron chi connectivity index (χ0n) is 5.87. The molecular weight excluding hydrogens is 142 g/mol. The number of rotatable bonds is 1. The van der Waals surface area contributed by atoms with Crippen LogP contribution in [0.25, 0.3) is 0 Å². The molecule has 10 heavy (non-hydrogen) atoms. The Balaban J connectivity index is 2.30. The van der Waals surface area contributed by atoms with Gasteiger partial charge in [0.2, 0.25) is 0 Å². The molecule has 0 saturated carbocycles. The van der Waals surface area contributed by atoms with E-state index in [1.807, 2.05) is 0 Å². The van der Waals surface area contributed by atoms with Gasteiger partial charge in [0.05, 0.1) is 5.71 Å². The largest absolute Gasteiger partial charge is 0.287 e. The summed E-state index contributed by atoms with van der Waals surface area (Å²) < 4.78 is 0. The van der Waals surface area contributed by atoms with Crippen molar-refractivity contribution < 1.29 is 0 Å². The van der Waals surface area contributed by atoms with Gasteiger partial charge in [0, 0.05) is 17.3 Å². The lowest BCUT2D eigenvalue weighted by atomic mass is 9.99. The number of thiophene rings is 1. The van der Waals surface area contributed by atoms with E-state index in [0.29, 0.717) is 5.92 Å². The molecule has 2 rings (SSSR count). The van der Waals surface area contributed by atoms with E-state index in [2.05, 4.69) is 29.4 Å². The number of nitrogens with zero attached hydrogens (tertiary/aromatic N) is 1. The Morgan fingerprint density at radius 3 is 3.00 bits per heavy atom. The third-order valence-corrected chi connectivity index (χ3v) is 2.67. The van der Waals surface area contributed by atoms with E-state index < -0.39 is 0 Å². The lowest BCUT2D eigenvalue weighted by Crippen LogP contribution is -2.24. The number of aliphatic imine (C=N–C) groups is 1. The molecule has 0 N–H and O–H groups in total. The summed E-state index contributed by atoms with van der Waals surface area (Å²) in [7, 11) is 0. The Morgan fingerprint density at radius 2 is 2.60 bits per heavy atom. The van der Waals surface area contributed by atoms with E-state index in [9.17, 15) is 0 Å². The highest BCUT2D eigenvalue weighted by Gasteiger charge is 2.20. The van der Waals surface area contributed by atoms with Crippen LogP contribution in [0.4, 0.5) is 0 Å². The second-order valence-electron chi connectivity index (χ2n) is 2.60. The summed E-state index contributed by atoms with van der Waals surface area (Å²) in [5, 5.41) is 2.10. The molecule has 0 amide bonds. The molecular formula is C8H9NS. The Morgan fingerprint density at radius 1 is 1.70 bits per heavy atom. The highest BCUT2D eigenvalue weighted by atomic mass is 32.1. The third-order valence-electron chi connectivity index (χ3n) is 1.78. The molecule has 0 radical (unpaired) electrons. The summed E-state index contributed by atoms with van der Waals surface area (Å²) in [5.74, 6) is 0.693. The smallest absolute Gasteiger partial charge is 0.0566 e. The number of hydrogen-bond acceptors (Lipinski definition) is 2. The normalized spacial score (nSPS) is 23.7. The molecule has 0 aromatic carbocycles. The van der Waals surface area contributed by atoms with E-state index >= 15 is 0 Å². The van der Waals surface area contributed by atoms with E-state index in [1.54, 1.807) is 11.3 Å². The summed E-state index contributed by atoms with van der Waals surface area (Å²) in [6.45, 7) is 3.25. The van der Waals surface area contributed by atoms with Gasteiger partial charge >= 0.3 is 0 Å². The van der Waals surface area contributed by atoms with Crippen LogP contribution in [0.1, 0.15) is 11.8 Å². The van der Waals surface area contributed by atoms with Crippen LogP contribution in [-0.4, -0.2) is 12.3 Å². The molecule has 0 spiro atoms. The monoisotopic (exact) mass is 151 g/mol. The first-order valence-electron chi connectivity index (χ1n) is 3.46. The predicted molar refractivity (Wildman–Crippen MR) is 44.9 cm³/mol. The van der Waals surface area contributed by atoms with E-state index in [-0.39, 0.29) is 0 Å². The van der Waals surface area contributed by atoms with Gasteiger partial charge in [0.15, 0.2) is 0 Å². The van der Waals surface area contributed by atoms with Crippen molar-refractivity contribution in [3.05, 3.63) is 22.4 Å². The van der Waals surface area contributed by atoms with Gasteiger partial charge in [-0.2, -0.15) is 0 Å². The average molecular weight is 151 g/mol. The molecule has 1 unspecified atom stereocenters. The van der Waals surface area contributed by atoms with Crippen LogP contribution in [0.5, 0.6) is 0 Å². The summed E-state index contributed by atoms with van der Waals surface area (Å²) in [6.07, 6.45) is 0. The Bertz CT molecular complexity index is 248. The maximum Gasteiger partial charge on any atom is 0.0566 e. The van der Waals surface area contributed by atoms with E-state index in [0.717, 1.165) is 6.54 Å². The first kappa shape index (κ1) is 6.10. The predicted octanol–water partition coefficient (Wildman–Crippen LogP) is 2.19. The van der Waals surface area contributed by atoms with Crippen molar-refractivity contribution in [3.8, 4) is 0 Å². The van der Waals surface area contributed by atoms with Crippen LogP contribution >= 0.6 is 11.3 Å². The number of hydrogen-bond donors (Lipinski definition) is 0. The molecule has 1 aromatic heterocycles. The van der Waals surface area contributed by atoms with Gasteiger partial charge in [-0.05, 0) is 11.4 Å². The van der Waals surface area contributed by atoms with Crippen molar-refractivity contribution in [2.75, 3.05) is 6.54 Å². The molecule has 1 atom stereocenters. The zero-order chi connectivity index (χ0) is 6.97. The summed E-state index contributed by atoms with van der Waals surface area (Å²) in [5.41, 5.74) is 1.30. The van der Waals surface area contributed by atoms with Crippen LogP contribution < -0.4 is 0 Å². The van der Waals surface area contributed by atoms with Gasteiger partial charge in [-0.25, -0.2) is 0 Å². The molecule has 2 heterocycles. The van der Waals surface area contributed by atoms with Crippen LogP contribution in [0, 0.1) is 5.92 Å². The van der Waals surface area contributed by atoms with Crippen LogP contribution in [0.3, 0.4) is 0 Å². The van der Waals surface area contributed by atoms with Gasteiger partial charge in [0.1, 0.15) is 0 Å². The lowest BCUT2D eigenvalue weighted by molar-refractivity contribution is 0.714. The molecule has 52 valence electrons. The maximum absolute atomic E-state index is 4.32. The van der Waals surface area contributed by atoms with E-state index in [1.165, 1.54) is 10.6 Å². The van der Waals surface area contributed by atoms with Crippen molar-refractivity contribution in [2.45, 2.75) is 6.92 Å². The fraction of sp³-hybridized carbons (Fsp3) is 0.375. The molecule has 2 heteroatoms. The quantitative estimate of drug-likeness (QED) is 0.583. The minimum Gasteiger partial charge on any atom is -0.287 e. The lowest BCUT2D eigenvalue weighted by Gasteiger charge is -2.20. The van der Waals surface area contributed by atoms with E-state index in [4.69, 9.17) is 0 Å². The first-order valence-corrected chi connectivity index (χ1v) is 4.34. The minimum absolute atomic E-state index is 0.693. The summed E-state index contributed by atoms with van der Waals surface area (Å²) in [4.78, 5) is 5.67. The SMILES string of the molecule is CC1CN=C1c1cccs1. The van der Waals surface area contributed by atoms with Crippen molar-refractivity contribution in [3.63, 3.8) is 0 Å². The minimum atomic E-state index is 0.693. The van der Waals surface area contributed by atoms with Gasteiger partial charge in [-0.1, -0.05) is 13.0 Å². The van der Waals surface area contributed by atoms with Crippen molar-refractivity contribution in [2.24, 2.45) is 10.9 Å². The summed E-state index contributed by atoms with van der Waals surface area (Å²) >= 11 is 1.78. The van der Waals surface area contributed by atoms with Gasteiger partial charge in [-0.3, -0.25) is 4.99 Å². The van der Waals surface area contributed by atoms with Gasteiger partial charge < -0.3 is 0 Å². The first-order chi connectivity index (χ1) is 4.88. The van der Waals surface area contributed by atoms with Crippen LogP contribution in [0.15, 0.2) is 22.5 Å². The zero-order valence-corrected chi connectivity index (χ0v) is 6.69. The van der Waals surface area contributed by atoms with Crippen molar-refractivity contribution >= 4 is 17.0 Å². The van der Waals surface area contributed by atoms with Crippen molar-refractivity contribution in [1.82, 2.24) is 0 Å². The second-order valence-corrected chi connectivity index (χ2v) is 3.55. The second kappa shape index (κ2) is 2.20. The molecule has 1 nitrogen and oxygen atoms in total. The average Bonchev–Trinajstić information content (AvgIpc) is 2.37. The highest BCUT2D eigenvalue weighted by Crippen LogP contribution is 2.21. The fourth-order valence-corrected chi connectivity index (χ4v) is 1.96. The third kappa shape index (κ3) is 0.797. The standard InChI is InChI=1S/C8H9NS/c1-6-5-9-8(6)7-3-2-4-10-7/h2-4,6H,5H2,1H3. The van der Waals surface area contributed by atoms with Crippen LogP contribution in [0.2, 0.25) is 0 Å². The fourth-order valence-electron chi connectivity index (χ4n) is 1.11. The summed E-state index contributed by atoms with van der Waals surface area (Å²) in [6, 6.07) is 4.22.